The topological polar surface area (TPSA) is 52.9 Å². The van der Waals surface area contributed by atoms with Crippen LogP contribution in [0.5, 0.6) is 0 Å². The zero-order chi connectivity index (χ0) is 16.3. The highest BCUT2D eigenvalue weighted by molar-refractivity contribution is 6.31. The minimum atomic E-state index is -0.787. The maximum absolute atomic E-state index is 13.1. The second kappa shape index (κ2) is 6.17. The number of amides is 1. The van der Waals surface area contributed by atoms with Crippen molar-refractivity contribution in [2.24, 2.45) is 0 Å². The summed E-state index contributed by atoms with van der Waals surface area (Å²) >= 11 is 6.06. The van der Waals surface area contributed by atoms with Crippen molar-refractivity contribution in [1.29, 1.82) is 5.26 Å². The van der Waals surface area contributed by atoms with Gasteiger partial charge in [-0.25, -0.2) is 4.39 Å². The molecule has 0 radical (unpaired) electrons. The number of hydrogen-bond donors (Lipinski definition) is 1. The highest BCUT2D eigenvalue weighted by Gasteiger charge is 2.26. The molecule has 2 aromatic carbocycles. The van der Waals surface area contributed by atoms with Crippen LogP contribution in [0.3, 0.4) is 0 Å². The fourth-order valence-corrected chi connectivity index (χ4v) is 2.55. The summed E-state index contributed by atoms with van der Waals surface area (Å²) in [5, 5.41) is 12.0. The molecule has 2 aromatic rings. The maximum atomic E-state index is 13.1. The molecule has 0 bridgehead atoms. The molecule has 5 heteroatoms. The number of halogens is 2. The highest BCUT2D eigenvalue weighted by Crippen LogP contribution is 2.28. The first-order valence-corrected chi connectivity index (χ1v) is 6.99. The van der Waals surface area contributed by atoms with E-state index in [1.165, 1.54) is 18.2 Å². The smallest absolute Gasteiger partial charge is 0.252 e. The summed E-state index contributed by atoms with van der Waals surface area (Å²) < 4.78 is 13.1. The quantitative estimate of drug-likeness (QED) is 0.930. The lowest BCUT2D eigenvalue weighted by Gasteiger charge is -2.28. The summed E-state index contributed by atoms with van der Waals surface area (Å²) in [6.07, 6.45) is 0. The molecule has 0 aliphatic rings. The first kappa shape index (κ1) is 16.0. The molecule has 0 fully saturated rings. The zero-order valence-electron chi connectivity index (χ0n) is 12.2. The number of benzene rings is 2. The lowest BCUT2D eigenvalue weighted by molar-refractivity contribution is 0.0912. The van der Waals surface area contributed by atoms with Gasteiger partial charge in [0.1, 0.15) is 5.82 Å². The van der Waals surface area contributed by atoms with E-state index in [1.807, 2.05) is 6.07 Å². The average molecular weight is 317 g/mol. The van der Waals surface area contributed by atoms with Crippen LogP contribution in [0.4, 0.5) is 4.39 Å². The van der Waals surface area contributed by atoms with Crippen LogP contribution in [-0.2, 0) is 5.54 Å². The molecule has 0 aliphatic heterocycles. The summed E-state index contributed by atoms with van der Waals surface area (Å²) in [5.41, 5.74) is 0.612. The maximum Gasteiger partial charge on any atom is 0.252 e. The van der Waals surface area contributed by atoms with Crippen LogP contribution in [0.15, 0.2) is 42.5 Å². The van der Waals surface area contributed by atoms with Gasteiger partial charge in [-0.1, -0.05) is 23.7 Å². The van der Waals surface area contributed by atoms with Gasteiger partial charge in [-0.2, -0.15) is 5.26 Å². The number of nitrogens with one attached hydrogen (secondary N) is 1. The molecule has 0 spiro atoms. The van der Waals surface area contributed by atoms with Crippen LogP contribution in [0.1, 0.15) is 35.3 Å². The Labute approximate surface area is 133 Å². The standard InChI is InChI=1S/C17H14ClFN2O/c1-17(2,14-7-6-13(19)9-15(14)18)21-16(22)12-5-3-4-11(8-12)10-20/h3-9H,1-2H3,(H,21,22). The fraction of sp³-hybridized carbons (Fsp3) is 0.176. The molecular weight excluding hydrogens is 303 g/mol. The van der Waals surface area contributed by atoms with Gasteiger partial charge in [-0.15, -0.1) is 0 Å². The van der Waals surface area contributed by atoms with E-state index in [-0.39, 0.29) is 10.9 Å². The van der Waals surface area contributed by atoms with Crippen molar-refractivity contribution >= 4 is 17.5 Å². The van der Waals surface area contributed by atoms with Crippen LogP contribution in [-0.4, -0.2) is 5.91 Å². The Kier molecular flexibility index (Phi) is 4.48. The molecule has 2 rings (SSSR count). The third-order valence-electron chi connectivity index (χ3n) is 3.28. The molecule has 0 aliphatic carbocycles. The van der Waals surface area contributed by atoms with Gasteiger partial charge < -0.3 is 5.32 Å². The van der Waals surface area contributed by atoms with Crippen molar-refractivity contribution in [3.63, 3.8) is 0 Å². The first-order chi connectivity index (χ1) is 10.3. The van der Waals surface area contributed by atoms with Crippen molar-refractivity contribution in [1.82, 2.24) is 5.32 Å². The molecule has 1 N–H and O–H groups in total. The molecule has 22 heavy (non-hydrogen) atoms. The van der Waals surface area contributed by atoms with Gasteiger partial charge in [0, 0.05) is 10.6 Å². The lowest BCUT2D eigenvalue weighted by atomic mass is 9.93. The molecule has 1 amide bonds. The second-order valence-corrected chi connectivity index (χ2v) is 5.80. The van der Waals surface area contributed by atoms with Crippen LogP contribution >= 0.6 is 11.6 Å². The van der Waals surface area contributed by atoms with E-state index >= 15 is 0 Å². The zero-order valence-corrected chi connectivity index (χ0v) is 12.9. The molecule has 0 atom stereocenters. The second-order valence-electron chi connectivity index (χ2n) is 5.40. The molecule has 0 aromatic heterocycles. The van der Waals surface area contributed by atoms with Crippen LogP contribution < -0.4 is 5.32 Å². The van der Waals surface area contributed by atoms with Gasteiger partial charge in [0.15, 0.2) is 0 Å². The van der Waals surface area contributed by atoms with E-state index in [4.69, 9.17) is 16.9 Å². The number of carbonyl (C=O) groups excluding carboxylic acids is 1. The summed E-state index contributed by atoms with van der Waals surface area (Å²) in [4.78, 5) is 12.3. The molecule has 112 valence electrons. The number of nitriles is 1. The first-order valence-electron chi connectivity index (χ1n) is 6.62. The van der Waals surface area contributed by atoms with Crippen LogP contribution in [0.25, 0.3) is 0 Å². The van der Waals surface area contributed by atoms with E-state index in [1.54, 1.807) is 38.1 Å². The largest absolute Gasteiger partial charge is 0.343 e. The molecule has 0 heterocycles. The Balaban J connectivity index is 2.27. The molecule has 3 nitrogen and oxygen atoms in total. The lowest BCUT2D eigenvalue weighted by Crippen LogP contribution is -2.41. The van der Waals surface area contributed by atoms with Gasteiger partial charge in [0.25, 0.3) is 5.91 Å². The minimum absolute atomic E-state index is 0.246. The van der Waals surface area contributed by atoms with Crippen LogP contribution in [0.2, 0.25) is 5.02 Å². The Morgan fingerprint density at radius 2 is 2.00 bits per heavy atom. The SMILES string of the molecule is CC(C)(NC(=O)c1cccc(C#N)c1)c1ccc(F)cc1Cl. The van der Waals surface area contributed by atoms with Gasteiger partial charge in [0.2, 0.25) is 0 Å². The average Bonchev–Trinajstić information content (AvgIpc) is 2.46. The Hall–Kier alpha value is -2.38. The van der Waals surface area contributed by atoms with Crippen molar-refractivity contribution < 1.29 is 9.18 Å². The molecule has 0 unspecified atom stereocenters. The third-order valence-corrected chi connectivity index (χ3v) is 3.60. The van der Waals surface area contributed by atoms with Crippen LogP contribution in [0, 0.1) is 17.1 Å². The number of carbonyl (C=O) groups is 1. The predicted octanol–water partition coefficient (Wildman–Crippen LogP) is 4.02. The molecular formula is C17H14ClFN2O. The molecule has 0 saturated carbocycles. The van der Waals surface area contributed by atoms with E-state index in [0.717, 1.165) is 0 Å². The predicted molar refractivity (Wildman–Crippen MR) is 83.1 cm³/mol. The van der Waals surface area contributed by atoms with Gasteiger partial charge in [-0.3, -0.25) is 4.79 Å². The van der Waals surface area contributed by atoms with E-state index in [9.17, 15) is 9.18 Å². The van der Waals surface area contributed by atoms with E-state index in [0.29, 0.717) is 16.7 Å². The highest BCUT2D eigenvalue weighted by atomic mass is 35.5. The number of nitrogens with zero attached hydrogens (tertiary/aromatic N) is 1. The third kappa shape index (κ3) is 3.44. The van der Waals surface area contributed by atoms with Crippen molar-refractivity contribution in [2.75, 3.05) is 0 Å². The van der Waals surface area contributed by atoms with Gasteiger partial charge in [0.05, 0.1) is 17.2 Å². The molecule has 0 saturated heterocycles. The van der Waals surface area contributed by atoms with Crippen molar-refractivity contribution in [3.8, 4) is 6.07 Å². The fourth-order valence-electron chi connectivity index (χ4n) is 2.15. The van der Waals surface area contributed by atoms with Gasteiger partial charge in [-0.05, 0) is 49.7 Å². The monoisotopic (exact) mass is 316 g/mol. The minimum Gasteiger partial charge on any atom is -0.343 e. The van der Waals surface area contributed by atoms with Gasteiger partial charge >= 0.3 is 0 Å². The summed E-state index contributed by atoms with van der Waals surface area (Å²) in [7, 11) is 0. The Morgan fingerprint density at radius 1 is 1.27 bits per heavy atom. The number of hydrogen-bond acceptors (Lipinski definition) is 2. The van der Waals surface area contributed by atoms with E-state index < -0.39 is 11.4 Å². The van der Waals surface area contributed by atoms with Crippen molar-refractivity contribution in [2.45, 2.75) is 19.4 Å². The Morgan fingerprint density at radius 3 is 2.64 bits per heavy atom. The number of rotatable bonds is 3. The van der Waals surface area contributed by atoms with Crippen molar-refractivity contribution in [3.05, 3.63) is 70.0 Å². The summed E-state index contributed by atoms with van der Waals surface area (Å²) in [6, 6.07) is 12.4. The summed E-state index contributed by atoms with van der Waals surface area (Å²) in [6.45, 7) is 3.55. The normalized spacial score (nSPS) is 10.9. The summed E-state index contributed by atoms with van der Waals surface area (Å²) in [5.74, 6) is -0.764. The Bertz CT molecular complexity index is 765. The van der Waals surface area contributed by atoms with E-state index in [2.05, 4.69) is 5.32 Å².